The predicted molar refractivity (Wildman–Crippen MR) is 113 cm³/mol. The van der Waals surface area contributed by atoms with Crippen LogP contribution in [0.5, 0.6) is 11.5 Å². The Bertz CT molecular complexity index is 990. The van der Waals surface area contributed by atoms with Crippen LogP contribution in [0.3, 0.4) is 0 Å². The molecule has 6 nitrogen and oxygen atoms in total. The van der Waals surface area contributed by atoms with Crippen molar-refractivity contribution >= 4 is 34.8 Å². The predicted octanol–water partition coefficient (Wildman–Crippen LogP) is 3.79. The zero-order valence-corrected chi connectivity index (χ0v) is 17.1. The van der Waals surface area contributed by atoms with Gasteiger partial charge < -0.3 is 20.5 Å². The molecule has 1 aromatic heterocycles. The van der Waals surface area contributed by atoms with E-state index in [1.807, 2.05) is 29.0 Å². The van der Waals surface area contributed by atoms with Crippen LogP contribution in [0, 0.1) is 0 Å². The lowest BCUT2D eigenvalue weighted by atomic mass is 10.0. The van der Waals surface area contributed by atoms with E-state index in [0.29, 0.717) is 22.1 Å². The van der Waals surface area contributed by atoms with Crippen LogP contribution in [0.2, 0.25) is 5.02 Å². The molecule has 0 bridgehead atoms. The Morgan fingerprint density at radius 3 is 2.48 bits per heavy atom. The van der Waals surface area contributed by atoms with Crippen molar-refractivity contribution in [2.75, 3.05) is 13.7 Å². The summed E-state index contributed by atoms with van der Waals surface area (Å²) in [5, 5.41) is 7.62. The van der Waals surface area contributed by atoms with Crippen LogP contribution in [-0.2, 0) is 4.79 Å². The number of thiophene rings is 1. The number of hydrogen-bond acceptors (Lipinski definition) is 5. The Balaban J connectivity index is 1.84. The van der Waals surface area contributed by atoms with Gasteiger partial charge in [0.15, 0.2) is 18.1 Å². The summed E-state index contributed by atoms with van der Waals surface area (Å²) in [6.07, 6.45) is 0. The fourth-order valence-electron chi connectivity index (χ4n) is 2.74. The van der Waals surface area contributed by atoms with E-state index in [1.54, 1.807) is 41.7 Å². The molecule has 150 valence electrons. The molecule has 0 fully saturated rings. The largest absolute Gasteiger partial charge is 0.493 e. The van der Waals surface area contributed by atoms with Gasteiger partial charge in [-0.15, -0.1) is 0 Å². The number of nitrogens with two attached hydrogens (primary N) is 1. The zero-order valence-electron chi connectivity index (χ0n) is 15.6. The van der Waals surface area contributed by atoms with Gasteiger partial charge in [0.1, 0.15) is 0 Å². The van der Waals surface area contributed by atoms with Crippen LogP contribution < -0.4 is 20.5 Å². The fourth-order valence-corrected chi connectivity index (χ4v) is 3.56. The van der Waals surface area contributed by atoms with E-state index in [-0.39, 0.29) is 18.6 Å². The van der Waals surface area contributed by atoms with Crippen LogP contribution in [0.15, 0.2) is 59.3 Å². The molecule has 3 rings (SSSR count). The molecule has 0 saturated heterocycles. The monoisotopic (exact) mass is 430 g/mol. The first-order valence-electron chi connectivity index (χ1n) is 8.65. The second kappa shape index (κ2) is 9.45. The molecule has 1 heterocycles. The standard InChI is InChI=1S/C21H19ClN2O4S/c1-27-18-10-14(4-7-17(18)28-11-19(23)25)21(26)24-20(15-8-9-29-12-15)13-2-5-16(22)6-3-13/h2-10,12,20H,11H2,1H3,(H2,23,25)(H,24,26). The zero-order chi connectivity index (χ0) is 20.8. The summed E-state index contributed by atoms with van der Waals surface area (Å²) in [7, 11) is 1.45. The first-order chi connectivity index (χ1) is 14.0. The normalized spacial score (nSPS) is 11.5. The number of amides is 2. The van der Waals surface area contributed by atoms with Crippen LogP contribution in [0.1, 0.15) is 27.5 Å². The minimum Gasteiger partial charge on any atom is -0.493 e. The molecule has 0 aliphatic carbocycles. The lowest BCUT2D eigenvalue weighted by Crippen LogP contribution is -2.29. The van der Waals surface area contributed by atoms with Gasteiger partial charge in [0.05, 0.1) is 13.2 Å². The van der Waals surface area contributed by atoms with Crippen molar-refractivity contribution in [2.45, 2.75) is 6.04 Å². The van der Waals surface area contributed by atoms with E-state index in [1.165, 1.54) is 7.11 Å². The Kier molecular flexibility index (Phi) is 6.74. The molecule has 8 heteroatoms. The SMILES string of the molecule is COc1cc(C(=O)NC(c2ccc(Cl)cc2)c2ccsc2)ccc1OCC(N)=O. The molecule has 1 unspecified atom stereocenters. The maximum absolute atomic E-state index is 12.9. The summed E-state index contributed by atoms with van der Waals surface area (Å²) in [6, 6.07) is 13.7. The van der Waals surface area contributed by atoms with E-state index >= 15 is 0 Å². The Morgan fingerprint density at radius 1 is 1.10 bits per heavy atom. The molecule has 0 saturated carbocycles. The van der Waals surface area contributed by atoms with Crippen LogP contribution in [-0.4, -0.2) is 25.5 Å². The minimum atomic E-state index is -0.601. The maximum atomic E-state index is 12.9. The van der Waals surface area contributed by atoms with Gasteiger partial charge in [0.25, 0.3) is 11.8 Å². The van der Waals surface area contributed by atoms with E-state index in [0.717, 1.165) is 11.1 Å². The molecule has 0 aliphatic rings. The van der Waals surface area contributed by atoms with Crippen molar-refractivity contribution in [1.29, 1.82) is 0 Å². The van der Waals surface area contributed by atoms with Crippen molar-refractivity contribution in [2.24, 2.45) is 5.73 Å². The van der Waals surface area contributed by atoms with Gasteiger partial charge >= 0.3 is 0 Å². The number of carbonyl (C=O) groups is 2. The van der Waals surface area contributed by atoms with Gasteiger partial charge in [-0.05, 0) is 58.3 Å². The number of primary amides is 1. The summed E-state index contributed by atoms with van der Waals surface area (Å²) in [5.41, 5.74) is 7.37. The highest BCUT2D eigenvalue weighted by atomic mass is 35.5. The average molecular weight is 431 g/mol. The summed E-state index contributed by atoms with van der Waals surface area (Å²) in [6.45, 7) is -0.279. The summed E-state index contributed by atoms with van der Waals surface area (Å²) in [4.78, 5) is 23.9. The molecule has 0 spiro atoms. The van der Waals surface area contributed by atoms with Crippen molar-refractivity contribution in [3.63, 3.8) is 0 Å². The molecule has 3 aromatic rings. The Morgan fingerprint density at radius 2 is 1.86 bits per heavy atom. The number of methoxy groups -OCH3 is 1. The second-order valence-electron chi connectivity index (χ2n) is 6.14. The van der Waals surface area contributed by atoms with E-state index < -0.39 is 5.91 Å². The molecule has 29 heavy (non-hydrogen) atoms. The van der Waals surface area contributed by atoms with Gasteiger partial charge in [0, 0.05) is 10.6 Å². The van der Waals surface area contributed by atoms with Gasteiger partial charge in [-0.2, -0.15) is 11.3 Å². The number of benzene rings is 2. The third kappa shape index (κ3) is 5.28. The molecule has 2 aromatic carbocycles. The highest BCUT2D eigenvalue weighted by Gasteiger charge is 2.19. The number of carbonyl (C=O) groups excluding carboxylic acids is 2. The topological polar surface area (TPSA) is 90.7 Å². The third-order valence-corrected chi connectivity index (χ3v) is 5.10. The number of hydrogen-bond donors (Lipinski definition) is 2. The summed E-state index contributed by atoms with van der Waals surface area (Å²) < 4.78 is 10.6. The van der Waals surface area contributed by atoms with Crippen LogP contribution in [0.25, 0.3) is 0 Å². The smallest absolute Gasteiger partial charge is 0.255 e. The second-order valence-corrected chi connectivity index (χ2v) is 7.35. The lowest BCUT2D eigenvalue weighted by Gasteiger charge is -2.19. The van der Waals surface area contributed by atoms with Crippen molar-refractivity contribution < 1.29 is 19.1 Å². The van der Waals surface area contributed by atoms with Gasteiger partial charge in [-0.1, -0.05) is 23.7 Å². The van der Waals surface area contributed by atoms with Crippen LogP contribution >= 0.6 is 22.9 Å². The molecule has 0 aliphatic heterocycles. The quantitative estimate of drug-likeness (QED) is 0.568. The summed E-state index contributed by atoms with van der Waals surface area (Å²) in [5.74, 6) is -0.223. The molecule has 3 N–H and O–H groups in total. The lowest BCUT2D eigenvalue weighted by molar-refractivity contribution is -0.119. The van der Waals surface area contributed by atoms with Crippen molar-refractivity contribution in [3.05, 3.63) is 81.0 Å². The minimum absolute atomic E-state index is 0.279. The number of halogens is 1. The van der Waals surface area contributed by atoms with Crippen molar-refractivity contribution in [1.82, 2.24) is 5.32 Å². The number of ether oxygens (including phenoxy) is 2. The highest BCUT2D eigenvalue weighted by molar-refractivity contribution is 7.08. The fraction of sp³-hybridized carbons (Fsp3) is 0.143. The average Bonchev–Trinajstić information content (AvgIpc) is 3.25. The number of nitrogens with one attached hydrogen (secondary N) is 1. The Labute approximate surface area is 177 Å². The van der Waals surface area contributed by atoms with Crippen molar-refractivity contribution in [3.8, 4) is 11.5 Å². The van der Waals surface area contributed by atoms with E-state index in [4.69, 9.17) is 26.8 Å². The summed E-state index contributed by atoms with van der Waals surface area (Å²) >= 11 is 7.55. The van der Waals surface area contributed by atoms with E-state index in [2.05, 4.69) is 5.32 Å². The van der Waals surface area contributed by atoms with Gasteiger partial charge in [-0.25, -0.2) is 0 Å². The first kappa shape index (κ1) is 20.7. The molecule has 2 amide bonds. The highest BCUT2D eigenvalue weighted by Crippen LogP contribution is 2.29. The third-order valence-electron chi connectivity index (χ3n) is 4.15. The maximum Gasteiger partial charge on any atom is 0.255 e. The Hall–Kier alpha value is -3.03. The van der Waals surface area contributed by atoms with Gasteiger partial charge in [0.2, 0.25) is 0 Å². The van der Waals surface area contributed by atoms with Gasteiger partial charge in [-0.3, -0.25) is 9.59 Å². The first-order valence-corrected chi connectivity index (χ1v) is 9.97. The molecule has 0 radical (unpaired) electrons. The molecule has 1 atom stereocenters. The van der Waals surface area contributed by atoms with Crippen LogP contribution in [0.4, 0.5) is 0 Å². The molecular weight excluding hydrogens is 412 g/mol. The number of rotatable bonds is 8. The van der Waals surface area contributed by atoms with E-state index in [9.17, 15) is 9.59 Å². The molecular formula is C21H19ClN2O4S.